The Bertz CT molecular complexity index is 716. The fourth-order valence-electron chi connectivity index (χ4n) is 3.15. The van der Waals surface area contributed by atoms with Gasteiger partial charge in [-0.15, -0.1) is 11.3 Å². The molecule has 0 amide bonds. The Hall–Kier alpha value is -1.52. The van der Waals surface area contributed by atoms with Gasteiger partial charge in [-0.05, 0) is 36.8 Å². The summed E-state index contributed by atoms with van der Waals surface area (Å²) in [6.45, 7) is 0. The molecule has 4 heteroatoms. The van der Waals surface area contributed by atoms with Crippen LogP contribution in [0.1, 0.15) is 44.1 Å². The van der Waals surface area contributed by atoms with Crippen LogP contribution in [0.3, 0.4) is 0 Å². The monoisotopic (exact) mass is 344 g/mol. The smallest absolute Gasteiger partial charge is 0.339 e. The fraction of sp³-hybridized carbons (Fsp3) is 0.368. The molecule has 0 N–H and O–H groups in total. The van der Waals surface area contributed by atoms with Crippen LogP contribution in [-0.2, 0) is 30.4 Å². The molecule has 1 aromatic heterocycles. The molecule has 0 bridgehead atoms. The molecule has 0 saturated heterocycles. The highest BCUT2D eigenvalue weighted by molar-refractivity contribution is 7.80. The van der Waals surface area contributed by atoms with Crippen molar-refractivity contribution in [2.24, 2.45) is 0 Å². The third kappa shape index (κ3) is 3.70. The molecule has 1 aromatic carbocycles. The predicted octanol–water partition coefficient (Wildman–Crippen LogP) is 4.57. The molecule has 0 unspecified atom stereocenters. The molecule has 0 radical (unpaired) electrons. The number of esters is 1. The van der Waals surface area contributed by atoms with Gasteiger partial charge in [0.25, 0.3) is 0 Å². The van der Waals surface area contributed by atoms with Crippen LogP contribution in [0.15, 0.2) is 30.3 Å². The van der Waals surface area contributed by atoms with Crippen LogP contribution in [-0.4, -0.2) is 17.9 Å². The molecule has 0 aliphatic heterocycles. The molecule has 0 spiro atoms. The summed E-state index contributed by atoms with van der Waals surface area (Å²) in [6.07, 6.45) is 5.90. The van der Waals surface area contributed by atoms with Crippen LogP contribution in [0.4, 0.5) is 0 Å². The van der Waals surface area contributed by atoms with Gasteiger partial charge in [-0.2, -0.15) is 0 Å². The van der Waals surface area contributed by atoms with E-state index >= 15 is 0 Å². The van der Waals surface area contributed by atoms with Gasteiger partial charge in [0.2, 0.25) is 0 Å². The lowest BCUT2D eigenvalue weighted by Gasteiger charge is -2.12. The van der Waals surface area contributed by atoms with Crippen molar-refractivity contribution >= 4 is 34.4 Å². The molecular weight excluding hydrogens is 324 g/mol. The number of aryl methyl sites for hydroxylation is 1. The Labute approximate surface area is 146 Å². The molecule has 3 rings (SSSR count). The van der Waals surface area contributed by atoms with Crippen molar-refractivity contribution in [3.8, 4) is 0 Å². The number of ether oxygens (including phenoxy) is 1. The van der Waals surface area contributed by atoms with Crippen molar-refractivity contribution in [2.45, 2.75) is 38.5 Å². The van der Waals surface area contributed by atoms with Crippen LogP contribution >= 0.6 is 23.6 Å². The van der Waals surface area contributed by atoms with Gasteiger partial charge in [0, 0.05) is 27.5 Å². The molecule has 1 aliphatic carbocycles. The van der Waals surface area contributed by atoms with Crippen molar-refractivity contribution in [3.63, 3.8) is 0 Å². The number of hydrogen-bond donors (Lipinski definition) is 0. The van der Waals surface area contributed by atoms with E-state index in [1.807, 2.05) is 18.2 Å². The minimum atomic E-state index is -0.207. The zero-order chi connectivity index (χ0) is 16.2. The number of thiophene rings is 1. The van der Waals surface area contributed by atoms with Crippen LogP contribution in [0.5, 0.6) is 0 Å². The second-order valence-electron chi connectivity index (χ2n) is 5.88. The number of benzene rings is 1. The van der Waals surface area contributed by atoms with Gasteiger partial charge in [-0.25, -0.2) is 4.79 Å². The average molecular weight is 345 g/mol. The standard InChI is InChI=1S/C19H20O2S2/c1-21-19(20)18-15-9-5-6-10-16(15)23-17(18)12-14(22)11-13-7-3-2-4-8-13/h2-4,7-8H,5-6,9-12H2,1H3. The molecule has 23 heavy (non-hydrogen) atoms. The normalized spacial score (nSPS) is 13.4. The van der Waals surface area contributed by atoms with E-state index in [1.54, 1.807) is 11.3 Å². The van der Waals surface area contributed by atoms with Gasteiger partial charge >= 0.3 is 5.97 Å². The minimum absolute atomic E-state index is 0.207. The van der Waals surface area contributed by atoms with E-state index in [2.05, 4.69) is 12.1 Å². The lowest BCUT2D eigenvalue weighted by molar-refractivity contribution is 0.0599. The molecule has 2 nitrogen and oxygen atoms in total. The maximum absolute atomic E-state index is 12.2. The van der Waals surface area contributed by atoms with E-state index in [0.717, 1.165) is 41.0 Å². The molecule has 2 aromatic rings. The quantitative estimate of drug-likeness (QED) is 0.587. The van der Waals surface area contributed by atoms with Crippen molar-refractivity contribution < 1.29 is 9.53 Å². The highest BCUT2D eigenvalue weighted by Crippen LogP contribution is 2.35. The Kier molecular flexibility index (Phi) is 5.23. The van der Waals surface area contributed by atoms with Gasteiger partial charge in [0.15, 0.2) is 0 Å². The largest absolute Gasteiger partial charge is 0.465 e. The molecule has 0 saturated carbocycles. The van der Waals surface area contributed by atoms with E-state index in [-0.39, 0.29) is 5.97 Å². The second-order valence-corrected chi connectivity index (χ2v) is 7.65. The Morgan fingerprint density at radius 2 is 1.91 bits per heavy atom. The number of hydrogen-bond acceptors (Lipinski definition) is 4. The molecule has 1 heterocycles. The van der Waals surface area contributed by atoms with Crippen LogP contribution in [0, 0.1) is 0 Å². The predicted molar refractivity (Wildman–Crippen MR) is 98.7 cm³/mol. The van der Waals surface area contributed by atoms with Crippen molar-refractivity contribution in [3.05, 3.63) is 56.8 Å². The number of methoxy groups -OCH3 is 1. The number of rotatable bonds is 5. The zero-order valence-corrected chi connectivity index (χ0v) is 14.9. The summed E-state index contributed by atoms with van der Waals surface area (Å²) in [6, 6.07) is 10.2. The summed E-state index contributed by atoms with van der Waals surface area (Å²) in [5.41, 5.74) is 3.23. The van der Waals surface area contributed by atoms with Crippen LogP contribution in [0.25, 0.3) is 0 Å². The van der Waals surface area contributed by atoms with Crippen molar-refractivity contribution in [1.29, 1.82) is 0 Å². The summed E-state index contributed by atoms with van der Waals surface area (Å²) < 4.78 is 5.03. The van der Waals surface area contributed by atoms with E-state index in [4.69, 9.17) is 17.0 Å². The first-order valence-electron chi connectivity index (χ1n) is 7.96. The summed E-state index contributed by atoms with van der Waals surface area (Å²) in [4.78, 5) is 15.7. The van der Waals surface area contributed by atoms with Gasteiger partial charge in [-0.1, -0.05) is 42.5 Å². The average Bonchev–Trinajstić information content (AvgIpc) is 2.92. The number of carbonyl (C=O) groups excluding carboxylic acids is 1. The Morgan fingerprint density at radius 1 is 1.17 bits per heavy atom. The summed E-state index contributed by atoms with van der Waals surface area (Å²) >= 11 is 7.35. The third-order valence-corrected chi connectivity index (χ3v) is 5.82. The van der Waals surface area contributed by atoms with E-state index < -0.39 is 0 Å². The zero-order valence-electron chi connectivity index (χ0n) is 13.3. The SMILES string of the molecule is COC(=O)c1c(CC(=S)Cc2ccccc2)sc2c1CCCC2. The lowest BCUT2D eigenvalue weighted by Crippen LogP contribution is -2.11. The summed E-state index contributed by atoms with van der Waals surface area (Å²) in [5.74, 6) is -0.207. The summed E-state index contributed by atoms with van der Waals surface area (Å²) in [5, 5.41) is 0. The maximum atomic E-state index is 12.2. The van der Waals surface area contributed by atoms with E-state index in [1.165, 1.54) is 29.5 Å². The number of thiocarbonyl (C=S) groups is 1. The highest BCUT2D eigenvalue weighted by atomic mass is 32.1. The van der Waals surface area contributed by atoms with E-state index in [0.29, 0.717) is 6.42 Å². The van der Waals surface area contributed by atoms with E-state index in [9.17, 15) is 4.79 Å². The van der Waals surface area contributed by atoms with Crippen molar-refractivity contribution in [1.82, 2.24) is 0 Å². The minimum Gasteiger partial charge on any atom is -0.465 e. The Balaban J connectivity index is 1.83. The van der Waals surface area contributed by atoms with Gasteiger partial charge in [0.05, 0.1) is 12.7 Å². The first-order valence-corrected chi connectivity index (χ1v) is 9.19. The first kappa shape index (κ1) is 16.3. The topological polar surface area (TPSA) is 26.3 Å². The fourth-order valence-corrected chi connectivity index (χ4v) is 4.98. The molecule has 0 fully saturated rings. The maximum Gasteiger partial charge on any atom is 0.339 e. The van der Waals surface area contributed by atoms with Crippen LogP contribution < -0.4 is 0 Å². The lowest BCUT2D eigenvalue weighted by atomic mass is 9.94. The molecular formula is C19H20O2S2. The first-order chi connectivity index (χ1) is 11.2. The third-order valence-electron chi connectivity index (χ3n) is 4.24. The van der Waals surface area contributed by atoms with Gasteiger partial charge in [0.1, 0.15) is 0 Å². The molecule has 120 valence electrons. The molecule has 1 aliphatic rings. The summed E-state index contributed by atoms with van der Waals surface area (Å²) in [7, 11) is 1.46. The number of fused-ring (bicyclic) bond motifs is 1. The van der Waals surface area contributed by atoms with Crippen LogP contribution in [0.2, 0.25) is 0 Å². The highest BCUT2D eigenvalue weighted by Gasteiger charge is 2.26. The van der Waals surface area contributed by atoms with Gasteiger partial charge in [-0.3, -0.25) is 0 Å². The van der Waals surface area contributed by atoms with Crippen molar-refractivity contribution in [2.75, 3.05) is 7.11 Å². The molecule has 0 atom stereocenters. The second kappa shape index (κ2) is 7.37. The Morgan fingerprint density at radius 3 is 2.65 bits per heavy atom. The van der Waals surface area contributed by atoms with Gasteiger partial charge < -0.3 is 4.74 Å². The number of carbonyl (C=O) groups is 1.